The van der Waals surface area contributed by atoms with Gasteiger partial charge in [-0.2, -0.15) is 0 Å². The van der Waals surface area contributed by atoms with E-state index in [0.29, 0.717) is 13.2 Å². The van der Waals surface area contributed by atoms with Gasteiger partial charge in [0.05, 0.1) is 17.7 Å². The molecule has 15 heavy (non-hydrogen) atoms. The zero-order chi connectivity index (χ0) is 10.8. The molecule has 1 heterocycles. The third-order valence-electron chi connectivity index (χ3n) is 2.60. The number of halogens is 2. The van der Waals surface area contributed by atoms with Gasteiger partial charge in [-0.25, -0.2) is 4.39 Å². The molecule has 1 aromatic carbocycles. The van der Waals surface area contributed by atoms with E-state index in [9.17, 15) is 4.39 Å². The molecule has 0 radical (unpaired) electrons. The molecule has 4 heteroatoms. The first kappa shape index (κ1) is 10.9. The Morgan fingerprint density at radius 2 is 2.33 bits per heavy atom. The van der Waals surface area contributed by atoms with Gasteiger partial charge in [0, 0.05) is 18.7 Å². The summed E-state index contributed by atoms with van der Waals surface area (Å²) < 4.78 is 18.9. The van der Waals surface area contributed by atoms with Crippen molar-refractivity contribution < 1.29 is 9.13 Å². The zero-order valence-corrected chi connectivity index (χ0v) is 9.27. The quantitative estimate of drug-likeness (QED) is 0.799. The SMILES string of the molecule is Cc1ccc(F)c(Cl)c1C1CNCCO1. The van der Waals surface area contributed by atoms with Crippen LogP contribution >= 0.6 is 11.6 Å². The topological polar surface area (TPSA) is 21.3 Å². The normalized spacial score (nSPS) is 21.7. The predicted molar refractivity (Wildman–Crippen MR) is 57.7 cm³/mol. The fourth-order valence-electron chi connectivity index (χ4n) is 1.81. The minimum Gasteiger partial charge on any atom is -0.371 e. The maximum atomic E-state index is 13.3. The molecule has 1 aliphatic heterocycles. The van der Waals surface area contributed by atoms with Crippen LogP contribution in [0.4, 0.5) is 4.39 Å². The van der Waals surface area contributed by atoms with Gasteiger partial charge in [0.15, 0.2) is 0 Å². The molecule has 0 aromatic heterocycles. The molecular formula is C11H13ClFNO. The van der Waals surface area contributed by atoms with Crippen molar-refractivity contribution in [1.29, 1.82) is 0 Å². The molecule has 1 saturated heterocycles. The molecule has 1 unspecified atom stereocenters. The van der Waals surface area contributed by atoms with E-state index in [4.69, 9.17) is 16.3 Å². The van der Waals surface area contributed by atoms with Crippen molar-refractivity contribution in [3.8, 4) is 0 Å². The Labute approximate surface area is 93.4 Å². The summed E-state index contributed by atoms with van der Waals surface area (Å²) in [7, 11) is 0. The first-order valence-electron chi connectivity index (χ1n) is 4.97. The average Bonchev–Trinajstić information content (AvgIpc) is 2.26. The van der Waals surface area contributed by atoms with Gasteiger partial charge in [0.25, 0.3) is 0 Å². The first-order chi connectivity index (χ1) is 7.20. The number of hydrogen-bond donors (Lipinski definition) is 1. The summed E-state index contributed by atoms with van der Waals surface area (Å²) in [6.45, 7) is 4.07. The minimum atomic E-state index is -0.383. The van der Waals surface area contributed by atoms with Gasteiger partial charge in [0.1, 0.15) is 5.82 Å². The van der Waals surface area contributed by atoms with Crippen molar-refractivity contribution in [3.05, 3.63) is 34.1 Å². The minimum absolute atomic E-state index is 0.137. The maximum absolute atomic E-state index is 13.3. The van der Waals surface area contributed by atoms with Crippen LogP contribution in [0.15, 0.2) is 12.1 Å². The molecule has 0 spiro atoms. The van der Waals surface area contributed by atoms with E-state index >= 15 is 0 Å². The molecule has 82 valence electrons. The van der Waals surface area contributed by atoms with Crippen molar-refractivity contribution in [3.63, 3.8) is 0 Å². The van der Waals surface area contributed by atoms with Crippen LogP contribution < -0.4 is 5.32 Å². The van der Waals surface area contributed by atoms with Crippen LogP contribution in [-0.4, -0.2) is 19.7 Å². The van der Waals surface area contributed by atoms with E-state index in [-0.39, 0.29) is 16.9 Å². The highest BCUT2D eigenvalue weighted by atomic mass is 35.5. The molecule has 0 bridgehead atoms. The number of hydrogen-bond acceptors (Lipinski definition) is 2. The van der Waals surface area contributed by atoms with Gasteiger partial charge >= 0.3 is 0 Å². The second-order valence-corrected chi connectivity index (χ2v) is 4.03. The number of rotatable bonds is 1. The number of aryl methyl sites for hydroxylation is 1. The number of benzene rings is 1. The number of nitrogens with one attached hydrogen (secondary N) is 1. The van der Waals surface area contributed by atoms with Gasteiger partial charge in [-0.1, -0.05) is 17.7 Å². The van der Waals surface area contributed by atoms with Crippen LogP contribution in [-0.2, 0) is 4.74 Å². The third kappa shape index (κ3) is 2.14. The van der Waals surface area contributed by atoms with Crippen molar-refractivity contribution in [2.45, 2.75) is 13.0 Å². The van der Waals surface area contributed by atoms with Crippen LogP contribution in [0.25, 0.3) is 0 Å². The van der Waals surface area contributed by atoms with Crippen LogP contribution in [0.1, 0.15) is 17.2 Å². The summed E-state index contributed by atoms with van der Waals surface area (Å²) in [6, 6.07) is 3.12. The van der Waals surface area contributed by atoms with Crippen LogP contribution in [0.5, 0.6) is 0 Å². The molecule has 1 aliphatic rings. The Bertz CT molecular complexity index is 364. The lowest BCUT2D eigenvalue weighted by Crippen LogP contribution is -2.33. The van der Waals surface area contributed by atoms with Gasteiger partial charge < -0.3 is 10.1 Å². The van der Waals surface area contributed by atoms with E-state index in [1.165, 1.54) is 6.07 Å². The number of morpholine rings is 1. The standard InChI is InChI=1S/C11H13ClFNO/c1-7-2-3-8(13)11(12)10(7)9-6-14-4-5-15-9/h2-3,9,14H,4-6H2,1H3. The highest BCUT2D eigenvalue weighted by Crippen LogP contribution is 2.31. The van der Waals surface area contributed by atoms with Crippen LogP contribution in [0, 0.1) is 12.7 Å². The highest BCUT2D eigenvalue weighted by molar-refractivity contribution is 6.31. The van der Waals surface area contributed by atoms with Crippen molar-refractivity contribution >= 4 is 11.6 Å². The Kier molecular flexibility index (Phi) is 3.24. The summed E-state index contributed by atoms with van der Waals surface area (Å²) >= 11 is 5.95. The van der Waals surface area contributed by atoms with E-state index in [2.05, 4.69) is 5.32 Å². The van der Waals surface area contributed by atoms with Crippen LogP contribution in [0.3, 0.4) is 0 Å². The molecule has 1 N–H and O–H groups in total. The summed E-state index contributed by atoms with van der Waals surface area (Å²) in [5.41, 5.74) is 1.74. The smallest absolute Gasteiger partial charge is 0.142 e. The average molecular weight is 230 g/mol. The van der Waals surface area contributed by atoms with E-state index in [1.807, 2.05) is 6.92 Å². The Morgan fingerprint density at radius 3 is 3.00 bits per heavy atom. The van der Waals surface area contributed by atoms with Crippen molar-refractivity contribution in [1.82, 2.24) is 5.32 Å². The Morgan fingerprint density at radius 1 is 1.53 bits per heavy atom. The molecular weight excluding hydrogens is 217 g/mol. The fourth-order valence-corrected chi connectivity index (χ4v) is 2.14. The monoisotopic (exact) mass is 229 g/mol. The van der Waals surface area contributed by atoms with Gasteiger partial charge in [-0.05, 0) is 18.6 Å². The Hall–Kier alpha value is -0.640. The van der Waals surface area contributed by atoms with E-state index in [0.717, 1.165) is 17.7 Å². The lowest BCUT2D eigenvalue weighted by atomic mass is 10.0. The number of ether oxygens (including phenoxy) is 1. The van der Waals surface area contributed by atoms with Gasteiger partial charge in [-0.15, -0.1) is 0 Å². The third-order valence-corrected chi connectivity index (χ3v) is 2.98. The van der Waals surface area contributed by atoms with Crippen molar-refractivity contribution in [2.75, 3.05) is 19.7 Å². The van der Waals surface area contributed by atoms with E-state index < -0.39 is 0 Å². The highest BCUT2D eigenvalue weighted by Gasteiger charge is 2.22. The summed E-state index contributed by atoms with van der Waals surface area (Å²) in [5.74, 6) is -0.383. The molecule has 0 aliphatic carbocycles. The molecule has 1 aromatic rings. The lowest BCUT2D eigenvalue weighted by Gasteiger charge is -2.26. The predicted octanol–water partition coefficient (Wildman–Crippen LogP) is 2.45. The zero-order valence-electron chi connectivity index (χ0n) is 8.52. The molecule has 0 saturated carbocycles. The molecule has 0 amide bonds. The molecule has 1 fully saturated rings. The first-order valence-corrected chi connectivity index (χ1v) is 5.35. The molecule has 1 atom stereocenters. The second-order valence-electron chi connectivity index (χ2n) is 3.66. The summed E-state index contributed by atoms with van der Waals surface area (Å²) in [6.07, 6.45) is -0.137. The van der Waals surface area contributed by atoms with Gasteiger partial charge in [0.2, 0.25) is 0 Å². The molecule has 2 rings (SSSR count). The largest absolute Gasteiger partial charge is 0.371 e. The maximum Gasteiger partial charge on any atom is 0.142 e. The molecule has 2 nitrogen and oxygen atoms in total. The van der Waals surface area contributed by atoms with Gasteiger partial charge in [-0.3, -0.25) is 0 Å². The van der Waals surface area contributed by atoms with Crippen LogP contribution in [0.2, 0.25) is 5.02 Å². The van der Waals surface area contributed by atoms with E-state index in [1.54, 1.807) is 6.07 Å². The lowest BCUT2D eigenvalue weighted by molar-refractivity contribution is 0.0272. The summed E-state index contributed by atoms with van der Waals surface area (Å²) in [5, 5.41) is 3.39. The summed E-state index contributed by atoms with van der Waals surface area (Å²) in [4.78, 5) is 0. The Balaban J connectivity index is 2.36. The fraction of sp³-hybridized carbons (Fsp3) is 0.455. The second kappa shape index (κ2) is 4.47. The van der Waals surface area contributed by atoms with Crippen molar-refractivity contribution in [2.24, 2.45) is 0 Å².